The number of carbonyl (C=O) groups excluding carboxylic acids is 1. The highest BCUT2D eigenvalue weighted by Crippen LogP contribution is 2.16. The van der Waals surface area contributed by atoms with E-state index in [1.165, 1.54) is 5.56 Å². The van der Waals surface area contributed by atoms with E-state index in [2.05, 4.69) is 4.90 Å². The second-order valence-corrected chi connectivity index (χ2v) is 7.12. The first-order chi connectivity index (χ1) is 13.1. The lowest BCUT2D eigenvalue weighted by Crippen LogP contribution is -2.49. The van der Waals surface area contributed by atoms with Crippen molar-refractivity contribution in [3.8, 4) is 0 Å². The van der Waals surface area contributed by atoms with Gasteiger partial charge in [0.1, 0.15) is 11.1 Å². The monoisotopic (exact) mass is 382 g/mol. The summed E-state index contributed by atoms with van der Waals surface area (Å²) in [5, 5.41) is 1.48. The number of halogens is 1. The molecule has 0 N–H and O–H groups in total. The van der Waals surface area contributed by atoms with E-state index in [-0.39, 0.29) is 11.5 Å². The SMILES string of the molecule is O=C(c1cc2ccccc2oc1=O)N1CCN(Cc2ccc(Cl)cc2)CC1. The predicted molar refractivity (Wildman–Crippen MR) is 105 cm³/mol. The van der Waals surface area contributed by atoms with Crippen LogP contribution < -0.4 is 5.63 Å². The van der Waals surface area contributed by atoms with Crippen LogP contribution in [0.2, 0.25) is 5.02 Å². The highest BCUT2D eigenvalue weighted by atomic mass is 35.5. The van der Waals surface area contributed by atoms with Gasteiger partial charge in [-0.05, 0) is 29.8 Å². The smallest absolute Gasteiger partial charge is 0.349 e. The Bertz CT molecular complexity index is 1020. The van der Waals surface area contributed by atoms with Gasteiger partial charge in [0.2, 0.25) is 0 Å². The molecule has 0 saturated carbocycles. The Hall–Kier alpha value is -2.63. The van der Waals surface area contributed by atoms with Gasteiger partial charge in [0.25, 0.3) is 5.91 Å². The van der Waals surface area contributed by atoms with Crippen LogP contribution in [0.15, 0.2) is 63.8 Å². The Kier molecular flexibility index (Phi) is 4.97. The van der Waals surface area contributed by atoms with Crippen molar-refractivity contribution in [3.63, 3.8) is 0 Å². The Labute approximate surface area is 161 Å². The number of benzene rings is 2. The van der Waals surface area contributed by atoms with Crippen molar-refractivity contribution < 1.29 is 9.21 Å². The summed E-state index contributed by atoms with van der Waals surface area (Å²) in [6.07, 6.45) is 0. The summed E-state index contributed by atoms with van der Waals surface area (Å²) in [4.78, 5) is 29.0. The first-order valence-corrected chi connectivity index (χ1v) is 9.27. The summed E-state index contributed by atoms with van der Waals surface area (Å²) < 4.78 is 5.29. The number of carbonyl (C=O) groups is 1. The molecule has 1 fully saturated rings. The van der Waals surface area contributed by atoms with Crippen molar-refractivity contribution in [2.45, 2.75) is 6.54 Å². The van der Waals surface area contributed by atoms with E-state index >= 15 is 0 Å². The van der Waals surface area contributed by atoms with Crippen LogP contribution in [-0.2, 0) is 6.54 Å². The molecule has 2 heterocycles. The highest BCUT2D eigenvalue weighted by molar-refractivity contribution is 6.30. The molecule has 0 unspecified atom stereocenters. The fourth-order valence-electron chi connectivity index (χ4n) is 3.34. The highest BCUT2D eigenvalue weighted by Gasteiger charge is 2.24. The Morgan fingerprint density at radius 1 is 1.00 bits per heavy atom. The van der Waals surface area contributed by atoms with Gasteiger partial charge >= 0.3 is 5.63 Å². The van der Waals surface area contributed by atoms with Gasteiger partial charge in [-0.25, -0.2) is 4.79 Å². The minimum atomic E-state index is -0.581. The van der Waals surface area contributed by atoms with Crippen LogP contribution in [-0.4, -0.2) is 41.9 Å². The molecule has 6 heteroatoms. The van der Waals surface area contributed by atoms with Crippen LogP contribution in [0.25, 0.3) is 11.0 Å². The minimum absolute atomic E-state index is 0.0971. The van der Waals surface area contributed by atoms with Crippen LogP contribution >= 0.6 is 11.6 Å². The van der Waals surface area contributed by atoms with E-state index in [1.807, 2.05) is 36.4 Å². The maximum absolute atomic E-state index is 12.8. The lowest BCUT2D eigenvalue weighted by molar-refractivity contribution is 0.0624. The van der Waals surface area contributed by atoms with Crippen molar-refractivity contribution >= 4 is 28.5 Å². The molecule has 1 aliphatic rings. The molecule has 0 aliphatic carbocycles. The molecule has 1 aromatic heterocycles. The number of para-hydroxylation sites is 1. The molecule has 1 amide bonds. The van der Waals surface area contributed by atoms with Gasteiger partial charge in [0.05, 0.1) is 0 Å². The third-order valence-electron chi connectivity index (χ3n) is 4.85. The summed E-state index contributed by atoms with van der Waals surface area (Å²) in [5.41, 5.74) is 1.20. The van der Waals surface area contributed by atoms with E-state index in [9.17, 15) is 9.59 Å². The molecule has 2 aromatic carbocycles. The molecular formula is C21H19ClN2O3. The lowest BCUT2D eigenvalue weighted by Gasteiger charge is -2.34. The normalized spacial score (nSPS) is 15.2. The third-order valence-corrected chi connectivity index (χ3v) is 5.10. The van der Waals surface area contributed by atoms with Crippen LogP contribution in [0, 0.1) is 0 Å². The molecule has 4 rings (SSSR count). The Morgan fingerprint density at radius 2 is 1.70 bits per heavy atom. The summed E-state index contributed by atoms with van der Waals surface area (Å²) in [5.74, 6) is -0.263. The topological polar surface area (TPSA) is 53.8 Å². The standard InChI is InChI=1S/C21H19ClN2O3/c22-17-7-5-15(6-8-17)14-23-9-11-24(12-10-23)20(25)18-13-16-3-1-2-4-19(16)27-21(18)26/h1-8,13H,9-12,14H2. The minimum Gasteiger partial charge on any atom is -0.422 e. The molecule has 1 aliphatic heterocycles. The summed E-state index contributed by atoms with van der Waals surface area (Å²) in [6, 6.07) is 16.6. The largest absolute Gasteiger partial charge is 0.422 e. The van der Waals surface area contributed by atoms with Gasteiger partial charge < -0.3 is 9.32 Å². The van der Waals surface area contributed by atoms with Gasteiger partial charge in [-0.1, -0.05) is 41.9 Å². The van der Waals surface area contributed by atoms with Crippen LogP contribution in [0.4, 0.5) is 0 Å². The number of piperazine rings is 1. The zero-order valence-corrected chi connectivity index (χ0v) is 15.5. The van der Waals surface area contributed by atoms with Gasteiger partial charge in [-0.2, -0.15) is 0 Å². The van der Waals surface area contributed by atoms with Gasteiger partial charge in [-0.15, -0.1) is 0 Å². The molecule has 27 heavy (non-hydrogen) atoms. The zero-order valence-electron chi connectivity index (χ0n) is 14.7. The summed E-state index contributed by atoms with van der Waals surface area (Å²) in [6.45, 7) is 3.50. The number of hydrogen-bond donors (Lipinski definition) is 0. The summed E-state index contributed by atoms with van der Waals surface area (Å²) in [7, 11) is 0. The third kappa shape index (κ3) is 3.89. The molecule has 0 atom stereocenters. The van der Waals surface area contributed by atoms with Crippen LogP contribution in [0.3, 0.4) is 0 Å². The van der Waals surface area contributed by atoms with Crippen molar-refractivity contribution in [2.24, 2.45) is 0 Å². The quantitative estimate of drug-likeness (QED) is 0.651. The molecule has 5 nitrogen and oxygen atoms in total. The maximum Gasteiger partial charge on any atom is 0.349 e. The second-order valence-electron chi connectivity index (χ2n) is 6.68. The average Bonchev–Trinajstić information content (AvgIpc) is 2.69. The van der Waals surface area contributed by atoms with E-state index in [0.29, 0.717) is 18.7 Å². The summed E-state index contributed by atoms with van der Waals surface area (Å²) >= 11 is 5.92. The number of nitrogens with zero attached hydrogens (tertiary/aromatic N) is 2. The molecule has 0 radical (unpaired) electrons. The molecule has 138 valence electrons. The van der Waals surface area contributed by atoms with Crippen molar-refractivity contribution in [2.75, 3.05) is 26.2 Å². The van der Waals surface area contributed by atoms with Crippen LogP contribution in [0.5, 0.6) is 0 Å². The first kappa shape index (κ1) is 17.8. The van der Waals surface area contributed by atoms with E-state index in [4.69, 9.17) is 16.0 Å². The maximum atomic E-state index is 12.8. The van der Waals surface area contributed by atoms with Crippen molar-refractivity contribution in [3.05, 3.63) is 81.2 Å². The predicted octanol–water partition coefficient (Wildman–Crippen LogP) is 3.40. The van der Waals surface area contributed by atoms with Gasteiger partial charge in [-0.3, -0.25) is 9.69 Å². The Balaban J connectivity index is 1.43. The molecule has 1 saturated heterocycles. The van der Waals surface area contributed by atoms with E-state index < -0.39 is 5.63 Å². The molecular weight excluding hydrogens is 364 g/mol. The van der Waals surface area contributed by atoms with Gasteiger partial charge in [0.15, 0.2) is 0 Å². The average molecular weight is 383 g/mol. The number of fused-ring (bicyclic) bond motifs is 1. The fourth-order valence-corrected chi connectivity index (χ4v) is 3.46. The van der Waals surface area contributed by atoms with E-state index in [1.54, 1.807) is 23.1 Å². The molecule has 0 bridgehead atoms. The van der Waals surface area contributed by atoms with E-state index in [0.717, 1.165) is 30.0 Å². The fraction of sp³-hybridized carbons (Fsp3) is 0.238. The Morgan fingerprint density at radius 3 is 2.44 bits per heavy atom. The van der Waals surface area contributed by atoms with Crippen molar-refractivity contribution in [1.29, 1.82) is 0 Å². The lowest BCUT2D eigenvalue weighted by atomic mass is 10.1. The van der Waals surface area contributed by atoms with Crippen LogP contribution in [0.1, 0.15) is 15.9 Å². The van der Waals surface area contributed by atoms with Gasteiger partial charge in [0, 0.05) is 43.1 Å². The second kappa shape index (κ2) is 7.55. The molecule has 3 aromatic rings. The number of rotatable bonds is 3. The number of hydrogen-bond acceptors (Lipinski definition) is 4. The number of amides is 1. The molecule has 0 spiro atoms. The first-order valence-electron chi connectivity index (χ1n) is 8.89. The zero-order chi connectivity index (χ0) is 18.8. The van der Waals surface area contributed by atoms with Crippen molar-refractivity contribution in [1.82, 2.24) is 9.80 Å².